The van der Waals surface area contributed by atoms with Crippen LogP contribution in [0.1, 0.15) is 85.5 Å². The van der Waals surface area contributed by atoms with Crippen molar-refractivity contribution in [3.05, 3.63) is 12.2 Å². The van der Waals surface area contributed by atoms with E-state index in [1.54, 1.807) is 5.57 Å². The third-order valence-electron chi connectivity index (χ3n) is 8.26. The van der Waals surface area contributed by atoms with Gasteiger partial charge in [0.15, 0.2) is 0 Å². The molecule has 0 N–H and O–H groups in total. The number of hydrogen-bond acceptors (Lipinski definition) is 2. The van der Waals surface area contributed by atoms with Gasteiger partial charge in [0.1, 0.15) is 6.10 Å². The van der Waals surface area contributed by atoms with Gasteiger partial charge in [-0.2, -0.15) is 0 Å². The molecule has 0 radical (unpaired) electrons. The minimum Gasteiger partial charge on any atom is -0.462 e. The van der Waals surface area contributed by atoms with Crippen LogP contribution in [0.15, 0.2) is 12.2 Å². The van der Waals surface area contributed by atoms with Crippen LogP contribution >= 0.6 is 0 Å². The quantitative estimate of drug-likeness (QED) is 0.441. The maximum absolute atomic E-state index is 11.0. The minimum atomic E-state index is -0.125. The molecule has 0 aromatic carbocycles. The van der Waals surface area contributed by atoms with E-state index >= 15 is 0 Å². The highest BCUT2D eigenvalue weighted by atomic mass is 16.5. The van der Waals surface area contributed by atoms with Crippen LogP contribution in [0.5, 0.6) is 0 Å². The summed E-state index contributed by atoms with van der Waals surface area (Å²) in [5, 5.41) is 0. The van der Waals surface area contributed by atoms with Gasteiger partial charge in [-0.15, -0.1) is 0 Å². The molecule has 0 saturated heterocycles. The topological polar surface area (TPSA) is 26.3 Å². The summed E-state index contributed by atoms with van der Waals surface area (Å²) >= 11 is 0. The standard InChI is InChI=1S/C12H20O2.C10H16/c1-8(13)14-10-7-9-5-6-12(10,4)11(9,2)3;1-8-5-6-9-3-2-4-10(8)7-9/h9-10H,5-7H2,1-4H3;9-10H,1-7H2. The second-order valence-electron chi connectivity index (χ2n) is 9.64. The molecular weight excluding hydrogens is 296 g/mol. The molecule has 2 nitrogen and oxygen atoms in total. The molecule has 2 heteroatoms. The zero-order chi connectivity index (χ0) is 17.5. The minimum absolute atomic E-state index is 0.125. The van der Waals surface area contributed by atoms with Gasteiger partial charge in [0.25, 0.3) is 0 Å². The molecule has 0 spiro atoms. The van der Waals surface area contributed by atoms with Crippen molar-refractivity contribution in [1.29, 1.82) is 0 Å². The zero-order valence-corrected chi connectivity index (χ0v) is 16.2. The van der Waals surface area contributed by atoms with Gasteiger partial charge in [-0.1, -0.05) is 45.8 Å². The van der Waals surface area contributed by atoms with Crippen LogP contribution in [0.4, 0.5) is 0 Å². The summed E-state index contributed by atoms with van der Waals surface area (Å²) in [6.45, 7) is 12.6. The predicted molar refractivity (Wildman–Crippen MR) is 98.6 cm³/mol. The summed E-state index contributed by atoms with van der Waals surface area (Å²) in [4.78, 5) is 11.0. The van der Waals surface area contributed by atoms with Gasteiger partial charge in [-0.05, 0) is 68.1 Å². The van der Waals surface area contributed by atoms with Gasteiger partial charge in [-0.25, -0.2) is 0 Å². The van der Waals surface area contributed by atoms with Crippen molar-refractivity contribution in [2.75, 3.05) is 0 Å². The molecule has 5 atom stereocenters. The van der Waals surface area contributed by atoms with E-state index in [1.807, 2.05) is 0 Å². The van der Waals surface area contributed by atoms with E-state index in [1.165, 1.54) is 58.3 Å². The average Bonchev–Trinajstić information content (AvgIpc) is 2.85. The third kappa shape index (κ3) is 3.06. The highest BCUT2D eigenvalue weighted by Crippen LogP contribution is 2.66. The van der Waals surface area contributed by atoms with Crippen LogP contribution in [0, 0.1) is 28.6 Å². The molecule has 4 aliphatic rings. The first-order valence-electron chi connectivity index (χ1n) is 10.1. The van der Waals surface area contributed by atoms with Gasteiger partial charge < -0.3 is 4.74 Å². The Kier molecular flexibility index (Phi) is 4.88. The van der Waals surface area contributed by atoms with E-state index in [0.29, 0.717) is 5.41 Å². The number of hydrogen-bond donors (Lipinski definition) is 0. The first-order chi connectivity index (χ1) is 11.2. The molecular formula is C22H36O2. The van der Waals surface area contributed by atoms with Crippen molar-refractivity contribution in [2.45, 2.75) is 91.6 Å². The summed E-state index contributed by atoms with van der Waals surface area (Å²) in [5.41, 5.74) is 2.10. The number of carbonyl (C=O) groups is 1. The maximum atomic E-state index is 11.0. The Morgan fingerprint density at radius 3 is 2.42 bits per heavy atom. The number of fused-ring (bicyclic) bond motifs is 4. The molecule has 24 heavy (non-hydrogen) atoms. The Morgan fingerprint density at radius 1 is 1.12 bits per heavy atom. The number of esters is 1. The van der Waals surface area contributed by atoms with Crippen molar-refractivity contribution in [3.63, 3.8) is 0 Å². The predicted octanol–water partition coefficient (Wildman–Crippen LogP) is 5.91. The Hall–Kier alpha value is -0.790. The number of rotatable bonds is 1. The largest absolute Gasteiger partial charge is 0.462 e. The number of ether oxygens (including phenoxy) is 1. The lowest BCUT2D eigenvalue weighted by atomic mass is 9.70. The second-order valence-corrected chi connectivity index (χ2v) is 9.64. The van der Waals surface area contributed by atoms with E-state index in [-0.39, 0.29) is 17.5 Å². The Labute approximate surface area is 148 Å². The molecule has 0 heterocycles. The van der Waals surface area contributed by atoms with E-state index in [2.05, 4.69) is 27.4 Å². The van der Waals surface area contributed by atoms with Crippen molar-refractivity contribution in [1.82, 2.24) is 0 Å². The van der Waals surface area contributed by atoms with Crippen molar-refractivity contribution >= 4 is 5.97 Å². The van der Waals surface area contributed by atoms with Gasteiger partial charge in [0.05, 0.1) is 0 Å². The first kappa shape index (κ1) is 18.0. The molecule has 0 aromatic rings. The summed E-state index contributed by atoms with van der Waals surface area (Å²) in [6, 6.07) is 0. The molecule has 4 rings (SSSR count). The molecule has 0 aromatic heterocycles. The van der Waals surface area contributed by atoms with Gasteiger partial charge in [0, 0.05) is 12.3 Å². The summed E-state index contributed by atoms with van der Waals surface area (Å²) in [5.74, 6) is 2.62. The molecule has 4 bridgehead atoms. The molecule has 0 amide bonds. The van der Waals surface area contributed by atoms with Crippen LogP contribution in [-0.2, 0) is 9.53 Å². The molecule has 136 valence electrons. The van der Waals surface area contributed by atoms with Crippen LogP contribution < -0.4 is 0 Å². The van der Waals surface area contributed by atoms with Gasteiger partial charge >= 0.3 is 5.97 Å². The first-order valence-corrected chi connectivity index (χ1v) is 10.1. The lowest BCUT2D eigenvalue weighted by molar-refractivity contribution is -0.154. The number of carbonyl (C=O) groups excluding carboxylic acids is 1. The fourth-order valence-electron chi connectivity index (χ4n) is 6.03. The molecule has 4 aliphatic carbocycles. The Bertz CT molecular complexity index is 506. The molecule has 5 unspecified atom stereocenters. The van der Waals surface area contributed by atoms with Crippen molar-refractivity contribution in [3.8, 4) is 0 Å². The van der Waals surface area contributed by atoms with Crippen LogP contribution in [0.25, 0.3) is 0 Å². The monoisotopic (exact) mass is 332 g/mol. The average molecular weight is 333 g/mol. The van der Waals surface area contributed by atoms with E-state index in [9.17, 15) is 4.79 Å². The smallest absolute Gasteiger partial charge is 0.302 e. The van der Waals surface area contributed by atoms with Crippen molar-refractivity contribution in [2.24, 2.45) is 28.6 Å². The van der Waals surface area contributed by atoms with Gasteiger partial charge in [-0.3, -0.25) is 4.79 Å². The highest BCUT2D eigenvalue weighted by molar-refractivity contribution is 5.66. The van der Waals surface area contributed by atoms with Crippen LogP contribution in [-0.4, -0.2) is 12.1 Å². The fourth-order valence-corrected chi connectivity index (χ4v) is 6.03. The van der Waals surface area contributed by atoms with Crippen molar-refractivity contribution < 1.29 is 9.53 Å². The fraction of sp³-hybridized carbons (Fsp3) is 0.864. The summed E-state index contributed by atoms with van der Waals surface area (Å²) < 4.78 is 5.44. The Morgan fingerprint density at radius 2 is 1.88 bits per heavy atom. The lowest BCUT2D eigenvalue weighted by Crippen LogP contribution is -2.37. The van der Waals surface area contributed by atoms with E-state index in [4.69, 9.17) is 4.74 Å². The maximum Gasteiger partial charge on any atom is 0.302 e. The van der Waals surface area contributed by atoms with E-state index in [0.717, 1.165) is 24.2 Å². The van der Waals surface area contributed by atoms with Crippen LogP contribution in [0.2, 0.25) is 0 Å². The third-order valence-corrected chi connectivity index (χ3v) is 8.26. The van der Waals surface area contributed by atoms with Gasteiger partial charge in [0.2, 0.25) is 0 Å². The second kappa shape index (κ2) is 6.50. The van der Waals surface area contributed by atoms with Crippen LogP contribution in [0.3, 0.4) is 0 Å². The van der Waals surface area contributed by atoms with E-state index < -0.39 is 0 Å². The molecule has 4 saturated carbocycles. The Balaban J connectivity index is 0.000000149. The summed E-state index contributed by atoms with van der Waals surface area (Å²) in [7, 11) is 0. The zero-order valence-electron chi connectivity index (χ0n) is 16.2. The lowest BCUT2D eigenvalue weighted by Gasteiger charge is -2.38. The number of allylic oxidation sites excluding steroid dienone is 1. The highest BCUT2D eigenvalue weighted by Gasteiger charge is 2.62. The summed E-state index contributed by atoms with van der Waals surface area (Å²) in [6.07, 6.45) is 12.4. The normalized spacial score (nSPS) is 42.2. The molecule has 4 fully saturated rings. The molecule has 0 aliphatic heterocycles. The SMILES string of the molecule is C=C1CCC2CCCC1C2.CC(=O)OC1CC2CCC1(C)C2(C)C.